The highest BCUT2D eigenvalue weighted by atomic mass is 35.5. The molecule has 0 bridgehead atoms. The van der Waals surface area contributed by atoms with E-state index in [1.165, 1.54) is 11.6 Å². The maximum Gasteiger partial charge on any atom is 0.141 e. The highest BCUT2D eigenvalue weighted by molar-refractivity contribution is 6.30. The third-order valence-corrected chi connectivity index (χ3v) is 4.08. The minimum absolute atomic E-state index is 0.0944. The Labute approximate surface area is 128 Å². The first-order chi connectivity index (χ1) is 10.1. The smallest absolute Gasteiger partial charge is 0.141 e. The Balaban J connectivity index is 1.73. The van der Waals surface area contributed by atoms with Gasteiger partial charge in [-0.2, -0.15) is 0 Å². The molecule has 0 heterocycles. The monoisotopic (exact) mass is 306 g/mol. The third kappa shape index (κ3) is 3.20. The summed E-state index contributed by atoms with van der Waals surface area (Å²) >= 11 is 5.75. The zero-order valence-corrected chi connectivity index (χ0v) is 12.2. The van der Waals surface area contributed by atoms with Crippen LogP contribution in [0.5, 0.6) is 5.75 Å². The molecule has 110 valence electrons. The van der Waals surface area contributed by atoms with Crippen molar-refractivity contribution in [1.82, 2.24) is 0 Å². The van der Waals surface area contributed by atoms with E-state index in [1.807, 2.05) is 18.2 Å². The van der Waals surface area contributed by atoms with Crippen LogP contribution in [0.1, 0.15) is 35.6 Å². The standard InChI is InChI=1S/C17H16ClFO2/c18-15-8-11(4-7-16(15)19)10-21-13-6-5-12-2-1-3-17(20)14(12)9-13/h4-9,17,20H,1-3,10H2. The van der Waals surface area contributed by atoms with Gasteiger partial charge in [-0.1, -0.05) is 23.7 Å². The highest BCUT2D eigenvalue weighted by Gasteiger charge is 2.18. The summed E-state index contributed by atoms with van der Waals surface area (Å²) in [5.74, 6) is 0.271. The van der Waals surface area contributed by atoms with Crippen molar-refractivity contribution in [3.63, 3.8) is 0 Å². The second-order valence-electron chi connectivity index (χ2n) is 5.31. The molecule has 0 aromatic heterocycles. The molecule has 3 rings (SSSR count). The van der Waals surface area contributed by atoms with Crippen LogP contribution in [0.15, 0.2) is 36.4 Å². The SMILES string of the molecule is OC1CCCc2ccc(OCc3ccc(F)c(Cl)c3)cc21. The molecule has 1 unspecified atom stereocenters. The van der Waals surface area contributed by atoms with Crippen molar-refractivity contribution in [3.05, 3.63) is 63.9 Å². The van der Waals surface area contributed by atoms with Gasteiger partial charge in [0.05, 0.1) is 11.1 Å². The van der Waals surface area contributed by atoms with Gasteiger partial charge >= 0.3 is 0 Å². The Bertz CT molecular complexity index is 657. The Morgan fingerprint density at radius 1 is 1.24 bits per heavy atom. The molecule has 0 aliphatic heterocycles. The van der Waals surface area contributed by atoms with E-state index in [-0.39, 0.29) is 5.02 Å². The Morgan fingerprint density at radius 2 is 2.10 bits per heavy atom. The number of aryl methyl sites for hydroxylation is 1. The van der Waals surface area contributed by atoms with Gasteiger partial charge in [0, 0.05) is 0 Å². The second kappa shape index (κ2) is 6.04. The molecule has 21 heavy (non-hydrogen) atoms. The molecule has 1 aliphatic carbocycles. The van der Waals surface area contributed by atoms with Gasteiger partial charge in [-0.15, -0.1) is 0 Å². The number of hydrogen-bond donors (Lipinski definition) is 1. The summed E-state index contributed by atoms with van der Waals surface area (Å²) in [5, 5.41) is 10.1. The van der Waals surface area contributed by atoms with Gasteiger partial charge in [0.25, 0.3) is 0 Å². The number of rotatable bonds is 3. The van der Waals surface area contributed by atoms with Gasteiger partial charge in [0.2, 0.25) is 0 Å². The fraction of sp³-hybridized carbons (Fsp3) is 0.294. The van der Waals surface area contributed by atoms with E-state index in [9.17, 15) is 9.50 Å². The average molecular weight is 307 g/mol. The van der Waals surface area contributed by atoms with Crippen LogP contribution < -0.4 is 4.74 Å². The minimum atomic E-state index is -0.433. The summed E-state index contributed by atoms with van der Waals surface area (Å²) in [5.41, 5.74) is 2.95. The molecule has 2 aromatic rings. The van der Waals surface area contributed by atoms with Gasteiger partial charge in [-0.25, -0.2) is 4.39 Å². The number of benzene rings is 2. The van der Waals surface area contributed by atoms with Crippen LogP contribution in [-0.4, -0.2) is 5.11 Å². The van der Waals surface area contributed by atoms with Crippen molar-refractivity contribution in [1.29, 1.82) is 0 Å². The molecule has 4 heteroatoms. The van der Waals surface area contributed by atoms with E-state index in [4.69, 9.17) is 16.3 Å². The summed E-state index contributed by atoms with van der Waals surface area (Å²) < 4.78 is 18.8. The largest absolute Gasteiger partial charge is 0.489 e. The topological polar surface area (TPSA) is 29.5 Å². The van der Waals surface area contributed by atoms with E-state index < -0.39 is 11.9 Å². The van der Waals surface area contributed by atoms with Crippen LogP contribution in [0.4, 0.5) is 4.39 Å². The zero-order valence-electron chi connectivity index (χ0n) is 11.5. The van der Waals surface area contributed by atoms with E-state index in [0.717, 1.165) is 30.4 Å². The van der Waals surface area contributed by atoms with Crippen LogP contribution in [0, 0.1) is 5.82 Å². The summed E-state index contributed by atoms with van der Waals surface area (Å²) in [6, 6.07) is 10.3. The van der Waals surface area contributed by atoms with Crippen molar-refractivity contribution in [2.75, 3.05) is 0 Å². The Morgan fingerprint density at radius 3 is 2.90 bits per heavy atom. The van der Waals surface area contributed by atoms with E-state index >= 15 is 0 Å². The molecule has 1 N–H and O–H groups in total. The predicted octanol–water partition coefficient (Wildman–Crippen LogP) is 4.43. The first-order valence-electron chi connectivity index (χ1n) is 7.01. The number of aliphatic hydroxyl groups is 1. The molecule has 0 fully saturated rings. The number of aliphatic hydroxyl groups excluding tert-OH is 1. The average Bonchev–Trinajstić information content (AvgIpc) is 2.49. The van der Waals surface area contributed by atoms with Crippen LogP contribution >= 0.6 is 11.6 Å². The molecule has 0 amide bonds. The van der Waals surface area contributed by atoms with E-state index in [1.54, 1.807) is 12.1 Å². The fourth-order valence-electron chi connectivity index (χ4n) is 2.64. The molecule has 2 nitrogen and oxygen atoms in total. The molecular formula is C17H16ClFO2. The van der Waals surface area contributed by atoms with Crippen LogP contribution in [-0.2, 0) is 13.0 Å². The lowest BCUT2D eigenvalue weighted by atomic mass is 9.89. The summed E-state index contributed by atoms with van der Waals surface area (Å²) in [4.78, 5) is 0. The van der Waals surface area contributed by atoms with Crippen molar-refractivity contribution in [2.45, 2.75) is 32.0 Å². The lowest BCUT2D eigenvalue weighted by Crippen LogP contribution is -2.09. The lowest BCUT2D eigenvalue weighted by Gasteiger charge is -2.22. The van der Waals surface area contributed by atoms with Gasteiger partial charge < -0.3 is 9.84 Å². The first-order valence-corrected chi connectivity index (χ1v) is 7.39. The maximum absolute atomic E-state index is 13.1. The number of ether oxygens (including phenoxy) is 1. The Kier molecular flexibility index (Phi) is 4.13. The number of hydrogen-bond acceptors (Lipinski definition) is 2. The highest BCUT2D eigenvalue weighted by Crippen LogP contribution is 2.32. The van der Waals surface area contributed by atoms with Crippen molar-refractivity contribution < 1.29 is 14.2 Å². The van der Waals surface area contributed by atoms with Crippen molar-refractivity contribution in [3.8, 4) is 5.75 Å². The second-order valence-corrected chi connectivity index (χ2v) is 5.71. The quantitative estimate of drug-likeness (QED) is 0.909. The predicted molar refractivity (Wildman–Crippen MR) is 80.1 cm³/mol. The van der Waals surface area contributed by atoms with Gasteiger partial charge in [0.15, 0.2) is 0 Å². The normalized spacial score (nSPS) is 17.4. The molecule has 0 saturated carbocycles. The summed E-state index contributed by atoms with van der Waals surface area (Å²) in [6.45, 7) is 0.314. The Hall–Kier alpha value is -1.58. The molecule has 0 spiro atoms. The van der Waals surface area contributed by atoms with E-state index in [0.29, 0.717) is 12.4 Å². The summed E-state index contributed by atoms with van der Waals surface area (Å²) in [6.07, 6.45) is 2.41. The van der Waals surface area contributed by atoms with Crippen LogP contribution in [0.2, 0.25) is 5.02 Å². The van der Waals surface area contributed by atoms with Crippen molar-refractivity contribution in [2.24, 2.45) is 0 Å². The van der Waals surface area contributed by atoms with E-state index in [2.05, 4.69) is 0 Å². The molecule has 2 aromatic carbocycles. The van der Waals surface area contributed by atoms with Crippen LogP contribution in [0.3, 0.4) is 0 Å². The zero-order chi connectivity index (χ0) is 14.8. The molecule has 0 saturated heterocycles. The molecule has 0 radical (unpaired) electrons. The summed E-state index contributed by atoms with van der Waals surface area (Å²) in [7, 11) is 0. The molecular weight excluding hydrogens is 291 g/mol. The van der Waals surface area contributed by atoms with Crippen molar-refractivity contribution >= 4 is 11.6 Å². The fourth-order valence-corrected chi connectivity index (χ4v) is 2.84. The maximum atomic E-state index is 13.1. The van der Waals surface area contributed by atoms with Gasteiger partial charge in [0.1, 0.15) is 18.2 Å². The molecule has 1 aliphatic rings. The lowest BCUT2D eigenvalue weighted by molar-refractivity contribution is 0.156. The number of halogens is 2. The van der Waals surface area contributed by atoms with Gasteiger partial charge in [-0.05, 0) is 60.2 Å². The third-order valence-electron chi connectivity index (χ3n) is 3.79. The number of fused-ring (bicyclic) bond motifs is 1. The first kappa shape index (κ1) is 14.4. The van der Waals surface area contributed by atoms with Gasteiger partial charge in [-0.3, -0.25) is 0 Å². The molecule has 1 atom stereocenters. The van der Waals surface area contributed by atoms with Crippen LogP contribution in [0.25, 0.3) is 0 Å². The minimum Gasteiger partial charge on any atom is -0.489 e.